The molecule has 2 atom stereocenters. The van der Waals surface area contributed by atoms with E-state index in [4.69, 9.17) is 10.5 Å². The maximum Gasteiger partial charge on any atom is 0.120 e. The smallest absolute Gasteiger partial charge is 0.120 e. The van der Waals surface area contributed by atoms with Gasteiger partial charge in [-0.3, -0.25) is 4.90 Å². The van der Waals surface area contributed by atoms with Crippen molar-refractivity contribution < 1.29 is 9.84 Å². The van der Waals surface area contributed by atoms with Gasteiger partial charge in [0.25, 0.3) is 0 Å². The molecule has 0 saturated carbocycles. The fourth-order valence-corrected chi connectivity index (χ4v) is 2.52. The number of hydrogen-bond acceptors (Lipinski definition) is 4. The summed E-state index contributed by atoms with van der Waals surface area (Å²) in [6.07, 6.45) is 1.41. The molecule has 4 heteroatoms. The third kappa shape index (κ3) is 2.94. The molecule has 100 valence electrons. The lowest BCUT2D eigenvalue weighted by atomic mass is 9.95. The van der Waals surface area contributed by atoms with Crippen LogP contribution in [0.25, 0.3) is 0 Å². The highest BCUT2D eigenvalue weighted by molar-refractivity contribution is 5.47. The first-order valence-electron chi connectivity index (χ1n) is 6.42. The Balaban J connectivity index is 2.03. The number of likely N-dealkylation sites (tertiary alicyclic amines) is 1. The van der Waals surface area contributed by atoms with Crippen LogP contribution in [0.4, 0.5) is 5.69 Å². The maximum atomic E-state index is 9.83. The molecule has 2 unspecified atom stereocenters. The first kappa shape index (κ1) is 13.2. The van der Waals surface area contributed by atoms with Crippen molar-refractivity contribution in [1.82, 2.24) is 4.90 Å². The Morgan fingerprint density at radius 3 is 3.00 bits per heavy atom. The van der Waals surface area contributed by atoms with Crippen molar-refractivity contribution in [2.45, 2.75) is 26.0 Å². The molecule has 1 aliphatic rings. The van der Waals surface area contributed by atoms with E-state index in [2.05, 4.69) is 11.8 Å². The number of phenolic OH excluding ortho intramolecular Hbond substituents is 1. The molecule has 1 aromatic carbocycles. The molecule has 1 aliphatic heterocycles. The van der Waals surface area contributed by atoms with Gasteiger partial charge in [-0.1, -0.05) is 6.92 Å². The normalized spacial score (nSPS) is 25.2. The zero-order chi connectivity index (χ0) is 13.1. The number of phenols is 1. The fraction of sp³-hybridized carbons (Fsp3) is 0.571. The first-order chi connectivity index (χ1) is 8.60. The number of hydrogen-bond donors (Lipinski definition) is 2. The zero-order valence-corrected chi connectivity index (χ0v) is 11.1. The SMILES string of the molecule is COC1CN(Cc2cc(N)ccc2O)CCC1C. The third-order valence-electron chi connectivity index (χ3n) is 3.77. The number of rotatable bonds is 3. The molecule has 18 heavy (non-hydrogen) atoms. The average molecular weight is 250 g/mol. The second kappa shape index (κ2) is 5.59. The molecule has 1 heterocycles. The van der Waals surface area contributed by atoms with E-state index in [0.717, 1.165) is 31.6 Å². The highest BCUT2D eigenvalue weighted by Crippen LogP contribution is 2.25. The quantitative estimate of drug-likeness (QED) is 0.635. The summed E-state index contributed by atoms with van der Waals surface area (Å²) in [5.74, 6) is 0.914. The fourth-order valence-electron chi connectivity index (χ4n) is 2.52. The summed E-state index contributed by atoms with van der Waals surface area (Å²) in [6, 6.07) is 5.22. The Hall–Kier alpha value is -1.26. The summed E-state index contributed by atoms with van der Waals surface area (Å²) in [7, 11) is 1.77. The average Bonchev–Trinajstić information content (AvgIpc) is 2.36. The summed E-state index contributed by atoms with van der Waals surface area (Å²) >= 11 is 0. The van der Waals surface area contributed by atoms with Crippen LogP contribution in [0.15, 0.2) is 18.2 Å². The van der Waals surface area contributed by atoms with E-state index < -0.39 is 0 Å². The first-order valence-corrected chi connectivity index (χ1v) is 6.42. The molecule has 0 amide bonds. The molecule has 2 rings (SSSR count). The summed E-state index contributed by atoms with van der Waals surface area (Å²) in [5, 5.41) is 9.83. The van der Waals surface area contributed by atoms with Gasteiger partial charge in [-0.2, -0.15) is 0 Å². The van der Waals surface area contributed by atoms with Crippen LogP contribution >= 0.6 is 0 Å². The van der Waals surface area contributed by atoms with Gasteiger partial charge in [-0.15, -0.1) is 0 Å². The topological polar surface area (TPSA) is 58.7 Å². The molecular formula is C14H22N2O2. The molecular weight excluding hydrogens is 228 g/mol. The van der Waals surface area contributed by atoms with Gasteiger partial charge in [0.05, 0.1) is 6.10 Å². The predicted molar refractivity (Wildman–Crippen MR) is 72.4 cm³/mol. The van der Waals surface area contributed by atoms with Crippen molar-refractivity contribution in [3.63, 3.8) is 0 Å². The van der Waals surface area contributed by atoms with Crippen molar-refractivity contribution in [3.05, 3.63) is 23.8 Å². The van der Waals surface area contributed by atoms with Crippen molar-refractivity contribution >= 4 is 5.69 Å². The lowest BCUT2D eigenvalue weighted by Gasteiger charge is -2.36. The molecule has 0 spiro atoms. The van der Waals surface area contributed by atoms with Gasteiger partial charge in [0, 0.05) is 31.5 Å². The molecule has 1 aromatic rings. The van der Waals surface area contributed by atoms with Gasteiger partial charge in [-0.05, 0) is 37.1 Å². The lowest BCUT2D eigenvalue weighted by molar-refractivity contribution is -0.00761. The second-order valence-corrected chi connectivity index (χ2v) is 5.16. The molecule has 1 saturated heterocycles. The predicted octanol–water partition coefficient (Wildman–Crippen LogP) is 1.83. The van der Waals surface area contributed by atoms with Crippen LogP contribution in [-0.4, -0.2) is 36.3 Å². The molecule has 4 nitrogen and oxygen atoms in total. The highest BCUT2D eigenvalue weighted by atomic mass is 16.5. The number of anilines is 1. The summed E-state index contributed by atoms with van der Waals surface area (Å²) in [5.41, 5.74) is 7.33. The van der Waals surface area contributed by atoms with E-state index >= 15 is 0 Å². The number of ether oxygens (including phenoxy) is 1. The van der Waals surface area contributed by atoms with Crippen LogP contribution in [0.2, 0.25) is 0 Å². The Bertz CT molecular complexity index is 409. The van der Waals surface area contributed by atoms with Crippen molar-refractivity contribution in [2.24, 2.45) is 5.92 Å². The minimum atomic E-state index is 0.280. The van der Waals surface area contributed by atoms with Gasteiger partial charge in [0.1, 0.15) is 5.75 Å². The van der Waals surface area contributed by atoms with Crippen LogP contribution in [0, 0.1) is 5.92 Å². The largest absolute Gasteiger partial charge is 0.508 e. The molecule has 0 aromatic heterocycles. The van der Waals surface area contributed by atoms with Crippen LogP contribution in [0.5, 0.6) is 5.75 Å². The highest BCUT2D eigenvalue weighted by Gasteiger charge is 2.26. The molecule has 1 fully saturated rings. The number of benzene rings is 1. The van der Waals surface area contributed by atoms with E-state index in [1.165, 1.54) is 0 Å². The Morgan fingerprint density at radius 2 is 2.28 bits per heavy atom. The number of methoxy groups -OCH3 is 1. The maximum absolute atomic E-state index is 9.83. The number of aromatic hydroxyl groups is 1. The number of nitrogens with zero attached hydrogens (tertiary/aromatic N) is 1. The Labute approximate surface area is 108 Å². The van der Waals surface area contributed by atoms with Crippen LogP contribution in [0.3, 0.4) is 0 Å². The molecule has 0 bridgehead atoms. The van der Waals surface area contributed by atoms with Crippen LogP contribution in [0.1, 0.15) is 18.9 Å². The van der Waals surface area contributed by atoms with Gasteiger partial charge in [0.15, 0.2) is 0 Å². The second-order valence-electron chi connectivity index (χ2n) is 5.16. The minimum Gasteiger partial charge on any atom is -0.508 e. The zero-order valence-electron chi connectivity index (χ0n) is 11.1. The van der Waals surface area contributed by atoms with Gasteiger partial charge in [0.2, 0.25) is 0 Å². The minimum absolute atomic E-state index is 0.280. The van der Waals surface area contributed by atoms with Crippen molar-refractivity contribution in [3.8, 4) is 5.75 Å². The van der Waals surface area contributed by atoms with Crippen molar-refractivity contribution in [1.29, 1.82) is 0 Å². The number of nitrogens with two attached hydrogens (primary N) is 1. The summed E-state index contributed by atoms with van der Waals surface area (Å²) in [4.78, 5) is 2.31. The van der Waals surface area contributed by atoms with Crippen LogP contribution in [-0.2, 0) is 11.3 Å². The molecule has 0 aliphatic carbocycles. The van der Waals surface area contributed by atoms with E-state index in [-0.39, 0.29) is 6.10 Å². The Kier molecular flexibility index (Phi) is 4.09. The number of nitrogen functional groups attached to an aromatic ring is 1. The van der Waals surface area contributed by atoms with E-state index in [1.54, 1.807) is 19.2 Å². The molecule has 3 N–H and O–H groups in total. The summed E-state index contributed by atoms with van der Waals surface area (Å²) in [6.45, 7) is 4.90. The monoisotopic (exact) mass is 250 g/mol. The van der Waals surface area contributed by atoms with Crippen LogP contribution < -0.4 is 5.73 Å². The third-order valence-corrected chi connectivity index (χ3v) is 3.77. The standard InChI is InChI=1S/C14H22N2O2/c1-10-5-6-16(9-14(10)18-2)8-11-7-12(15)3-4-13(11)17/h3-4,7,10,14,17H,5-6,8-9,15H2,1-2H3. The lowest BCUT2D eigenvalue weighted by Crippen LogP contribution is -2.43. The van der Waals surface area contributed by atoms with Gasteiger partial charge in [-0.25, -0.2) is 0 Å². The van der Waals surface area contributed by atoms with Crippen molar-refractivity contribution in [2.75, 3.05) is 25.9 Å². The Morgan fingerprint density at radius 1 is 1.50 bits per heavy atom. The van der Waals surface area contributed by atoms with Gasteiger partial charge >= 0.3 is 0 Å². The van der Waals surface area contributed by atoms with E-state index in [9.17, 15) is 5.11 Å². The molecule has 0 radical (unpaired) electrons. The van der Waals surface area contributed by atoms with E-state index in [0.29, 0.717) is 17.4 Å². The van der Waals surface area contributed by atoms with E-state index in [1.807, 2.05) is 6.07 Å². The summed E-state index contributed by atoms with van der Waals surface area (Å²) < 4.78 is 5.50. The van der Waals surface area contributed by atoms with Gasteiger partial charge < -0.3 is 15.6 Å². The number of piperidine rings is 1.